The molecule has 684 valence electrons. The molecule has 8 nitrogen and oxygen atoms in total. The Hall–Kier alpha value is -19.3. The van der Waals surface area contributed by atoms with Crippen LogP contribution in [0.25, 0.3) is 295 Å². The first-order valence-corrected chi connectivity index (χ1v) is 51.1. The Morgan fingerprint density at radius 2 is 0.456 bits per heavy atom. The van der Waals surface area contributed by atoms with E-state index in [9.17, 15) is 0 Å². The zero-order chi connectivity index (χ0) is 96.2. The molecule has 0 bridgehead atoms. The second-order valence-electron chi connectivity index (χ2n) is 38.9. The third-order valence-corrected chi connectivity index (χ3v) is 32.0. The van der Waals surface area contributed by atoms with E-state index in [0.29, 0.717) is 0 Å². The maximum atomic E-state index is 6.60. The van der Waals surface area contributed by atoms with Gasteiger partial charge < -0.3 is 36.2 Å². The second kappa shape index (κ2) is 32.6. The highest BCUT2D eigenvalue weighted by atomic mass is 32.1. The SMILES string of the molecule is c1ccc(-n2c3ccc(-c4ccc5c(c4)c4ccccc4n5-c4ccc5ccccc5c4)cc3c3cc4c(cc32)sc2ccccc24)cc1.c1ccc(-n2c3ccc(-c4ccc5c(c4)c4ccccc4n5-c4ccc5ccccc5c4)cc3c3ccc4c5ccccc5oc4c32)cc1.c1ccc(-n2c3ccc(-c4ccc5c(c4)c4ccccc4n5-c4ccc5ccccc5c4)cc3c3ccc4oc5ccccc5c4c32)cc1. The highest BCUT2D eigenvalue weighted by Crippen LogP contribution is 2.50. The van der Waals surface area contributed by atoms with Gasteiger partial charge in [0.2, 0.25) is 0 Å². The number of nitrogens with zero attached hydrogens (tertiary/aromatic N) is 6. The number of rotatable bonds is 9. The van der Waals surface area contributed by atoms with Gasteiger partial charge in [-0.05, 0) is 278 Å². The normalized spacial score (nSPS) is 12.1. The van der Waals surface area contributed by atoms with Crippen molar-refractivity contribution < 1.29 is 8.83 Å². The topological polar surface area (TPSA) is 55.9 Å². The Kier molecular flexibility index (Phi) is 18.3. The summed E-state index contributed by atoms with van der Waals surface area (Å²) in [6.07, 6.45) is 0. The predicted molar refractivity (Wildman–Crippen MR) is 622 cm³/mol. The summed E-state index contributed by atoms with van der Waals surface area (Å²) < 4.78 is 30.0. The highest BCUT2D eigenvalue weighted by Gasteiger charge is 2.27. The highest BCUT2D eigenvalue weighted by molar-refractivity contribution is 7.25. The number of aromatic nitrogens is 6. The van der Waals surface area contributed by atoms with Crippen LogP contribution in [0.5, 0.6) is 0 Å². The zero-order valence-electron chi connectivity index (χ0n) is 79.4. The zero-order valence-corrected chi connectivity index (χ0v) is 80.2. The van der Waals surface area contributed by atoms with Gasteiger partial charge in [-0.2, -0.15) is 0 Å². The lowest BCUT2D eigenvalue weighted by atomic mass is 10.00. The van der Waals surface area contributed by atoms with E-state index in [1.54, 1.807) is 0 Å². The van der Waals surface area contributed by atoms with E-state index in [4.69, 9.17) is 8.83 Å². The molecule has 147 heavy (non-hydrogen) atoms. The lowest BCUT2D eigenvalue weighted by Gasteiger charge is -2.10. The number of para-hydroxylation sites is 8. The van der Waals surface area contributed by atoms with Crippen molar-refractivity contribution in [1.82, 2.24) is 27.4 Å². The number of hydrogen-bond acceptors (Lipinski definition) is 3. The van der Waals surface area contributed by atoms with Crippen LogP contribution in [0.4, 0.5) is 0 Å². The van der Waals surface area contributed by atoms with Gasteiger partial charge >= 0.3 is 0 Å². The van der Waals surface area contributed by atoms with Crippen LogP contribution in [0.15, 0.2) is 518 Å². The van der Waals surface area contributed by atoms with Crippen LogP contribution in [0.2, 0.25) is 0 Å². The van der Waals surface area contributed by atoms with Gasteiger partial charge in [-0.15, -0.1) is 11.3 Å². The van der Waals surface area contributed by atoms with Crippen LogP contribution >= 0.6 is 11.3 Å². The number of hydrogen-bond donors (Lipinski definition) is 0. The molecule has 0 saturated heterocycles. The summed E-state index contributed by atoms with van der Waals surface area (Å²) in [7, 11) is 0. The minimum atomic E-state index is 0.905. The molecule has 0 amide bonds. The van der Waals surface area contributed by atoms with E-state index < -0.39 is 0 Å². The molecule has 9 heterocycles. The molecule has 0 aliphatic carbocycles. The van der Waals surface area contributed by atoms with Crippen LogP contribution in [0, 0.1) is 0 Å². The molecule has 0 aliphatic rings. The molecule has 33 rings (SSSR count). The van der Waals surface area contributed by atoms with Gasteiger partial charge in [0.25, 0.3) is 0 Å². The molecule has 33 aromatic rings. The van der Waals surface area contributed by atoms with E-state index >= 15 is 0 Å². The first-order valence-electron chi connectivity index (χ1n) is 50.3. The third-order valence-electron chi connectivity index (χ3n) is 30.8. The Morgan fingerprint density at radius 1 is 0.143 bits per heavy atom. The molecule has 0 unspecified atom stereocenters. The Balaban J connectivity index is 0.0000000999. The first kappa shape index (κ1) is 82.4. The molecule has 0 radical (unpaired) electrons. The predicted octanol–water partition coefficient (Wildman–Crippen LogP) is 38.3. The summed E-state index contributed by atoms with van der Waals surface area (Å²) >= 11 is 1.88. The number of fused-ring (bicyclic) bond motifs is 32. The van der Waals surface area contributed by atoms with E-state index in [1.165, 1.54) is 228 Å². The molecule has 24 aromatic carbocycles. The van der Waals surface area contributed by atoms with Crippen molar-refractivity contribution in [3.05, 3.63) is 510 Å². The summed E-state index contributed by atoms with van der Waals surface area (Å²) in [5.41, 5.74) is 32.2. The van der Waals surface area contributed by atoms with Crippen LogP contribution in [0.1, 0.15) is 0 Å². The summed E-state index contributed by atoms with van der Waals surface area (Å²) in [5, 5.41) is 29.6. The maximum absolute atomic E-state index is 6.60. The van der Waals surface area contributed by atoms with Crippen LogP contribution in [-0.2, 0) is 0 Å². The summed E-state index contributed by atoms with van der Waals surface area (Å²) in [4.78, 5) is 0. The first-order chi connectivity index (χ1) is 72.9. The molecule has 0 saturated carbocycles. The summed E-state index contributed by atoms with van der Waals surface area (Å²) in [5.74, 6) is 0. The molecule has 0 N–H and O–H groups in total. The molecule has 0 aliphatic heterocycles. The number of thiophene rings is 1. The van der Waals surface area contributed by atoms with Crippen LogP contribution in [0.3, 0.4) is 0 Å². The van der Waals surface area contributed by atoms with Crippen LogP contribution < -0.4 is 0 Å². The molecule has 9 heteroatoms. The molecule has 0 spiro atoms. The van der Waals surface area contributed by atoms with E-state index in [0.717, 1.165) is 66.3 Å². The fourth-order valence-corrected chi connectivity index (χ4v) is 25.3. The Labute approximate surface area is 845 Å². The van der Waals surface area contributed by atoms with E-state index in [-0.39, 0.29) is 0 Å². The molecule has 0 fully saturated rings. The molecular weight excluding hydrogens is 1810 g/mol. The lowest BCUT2D eigenvalue weighted by molar-refractivity contribution is 0.669. The Bertz CT molecular complexity index is 11100. The van der Waals surface area contributed by atoms with Crippen molar-refractivity contribution in [3.8, 4) is 67.5 Å². The van der Waals surface area contributed by atoms with Crippen molar-refractivity contribution in [2.45, 2.75) is 0 Å². The summed E-state index contributed by atoms with van der Waals surface area (Å²) in [6.45, 7) is 0. The number of furan rings is 2. The van der Waals surface area contributed by atoms with E-state index in [1.807, 2.05) is 23.5 Å². The van der Waals surface area contributed by atoms with Gasteiger partial charge in [0, 0.05) is 135 Å². The van der Waals surface area contributed by atoms with Crippen molar-refractivity contribution >= 4 is 239 Å². The average Bonchev–Trinajstić information content (AvgIpc) is 1.55. The maximum Gasteiger partial charge on any atom is 0.160 e. The van der Waals surface area contributed by atoms with Gasteiger partial charge in [-0.3, -0.25) is 0 Å². The van der Waals surface area contributed by atoms with Gasteiger partial charge in [-0.25, -0.2) is 0 Å². The smallest absolute Gasteiger partial charge is 0.160 e. The third kappa shape index (κ3) is 12.9. The van der Waals surface area contributed by atoms with E-state index in [2.05, 4.69) is 525 Å². The van der Waals surface area contributed by atoms with Crippen molar-refractivity contribution in [1.29, 1.82) is 0 Å². The van der Waals surface area contributed by atoms with Crippen molar-refractivity contribution in [2.75, 3.05) is 0 Å². The van der Waals surface area contributed by atoms with Gasteiger partial charge in [0.05, 0.1) is 71.6 Å². The molecule has 9 aromatic heterocycles. The molecular formula is C138H84N6O2S. The molecule has 0 atom stereocenters. The minimum Gasteiger partial charge on any atom is -0.456 e. The van der Waals surface area contributed by atoms with Gasteiger partial charge in [0.1, 0.15) is 16.7 Å². The monoisotopic (exact) mass is 1890 g/mol. The largest absolute Gasteiger partial charge is 0.456 e. The minimum absolute atomic E-state index is 0.905. The fourth-order valence-electron chi connectivity index (χ4n) is 24.2. The summed E-state index contributed by atoms with van der Waals surface area (Å²) in [6, 6.07) is 185. The van der Waals surface area contributed by atoms with Crippen molar-refractivity contribution in [2.24, 2.45) is 0 Å². The fraction of sp³-hybridized carbons (Fsp3) is 0. The lowest BCUT2D eigenvalue weighted by Crippen LogP contribution is -1.94. The van der Waals surface area contributed by atoms with Crippen molar-refractivity contribution in [3.63, 3.8) is 0 Å². The second-order valence-corrected chi connectivity index (χ2v) is 40.0. The average molecular weight is 1890 g/mol. The quantitative estimate of drug-likeness (QED) is 0.145. The number of benzene rings is 24. The standard InChI is InChI=1S/2C46H28N2O.C46H28N2S/c1-2-12-33(13-3-1)48-43-25-20-32(28-40(43)37-22-23-38-36-15-7-9-17-44(36)49-46(38)45(37)48)31-19-24-42-39(27-31)35-14-6-8-16-41(35)47(42)34-21-18-29-10-4-5-11-30(29)26-34;1-2-12-33(13-3-1)48-42-24-20-32(28-39(42)36-22-25-44-45(46(36)48)37-15-7-9-17-43(37)49-44)31-19-23-41-38(27-31)35-14-6-8-16-40(35)47(41)34-21-18-29-10-4-5-11-30(29)26-34;1-2-12-33(13-3-1)47-43-23-20-32(26-38(43)39-27-40-36-15-7-9-17-45(36)49-46(40)28-44(39)47)31-19-22-42-37(25-31)35-14-6-8-16-41(35)48(42)34-21-18-29-10-4-5-11-30(29)24-34/h3*1-28H. The Morgan fingerprint density at radius 3 is 0.912 bits per heavy atom. The van der Waals surface area contributed by atoms with Crippen LogP contribution in [-0.4, -0.2) is 27.4 Å². The van der Waals surface area contributed by atoms with Gasteiger partial charge in [-0.1, -0.05) is 297 Å². The van der Waals surface area contributed by atoms with Gasteiger partial charge in [0.15, 0.2) is 5.58 Å².